The van der Waals surface area contributed by atoms with Gasteiger partial charge in [0.2, 0.25) is 0 Å². The topological polar surface area (TPSA) is 50.4 Å². The Balaban J connectivity index is 2.64. The second-order valence-electron chi connectivity index (χ2n) is 4.56. The van der Waals surface area contributed by atoms with Crippen LogP contribution in [0.4, 0.5) is 0 Å². The van der Waals surface area contributed by atoms with Gasteiger partial charge in [0.05, 0.1) is 6.54 Å². The lowest BCUT2D eigenvalue weighted by molar-refractivity contribution is -0.122. The molecule has 0 unspecified atom stereocenters. The number of amides is 1. The van der Waals surface area contributed by atoms with Crippen molar-refractivity contribution in [2.24, 2.45) is 0 Å². The zero-order valence-corrected chi connectivity index (χ0v) is 13.3. The SMILES string of the molecule is C#CCNC(=O)COc1ccc(Br)cc1CNC(C)C. The van der Waals surface area contributed by atoms with Crippen LogP contribution in [0.1, 0.15) is 19.4 Å². The molecule has 0 fully saturated rings. The molecule has 0 aliphatic heterocycles. The van der Waals surface area contributed by atoms with Crippen molar-refractivity contribution >= 4 is 21.8 Å². The minimum atomic E-state index is -0.228. The predicted molar refractivity (Wildman–Crippen MR) is 83.5 cm³/mol. The molecule has 0 heterocycles. The van der Waals surface area contributed by atoms with Gasteiger partial charge in [-0.3, -0.25) is 4.79 Å². The highest BCUT2D eigenvalue weighted by molar-refractivity contribution is 9.10. The van der Waals surface area contributed by atoms with Gasteiger partial charge in [-0.25, -0.2) is 0 Å². The van der Waals surface area contributed by atoms with Gasteiger partial charge >= 0.3 is 0 Å². The van der Waals surface area contributed by atoms with Crippen molar-refractivity contribution in [1.82, 2.24) is 10.6 Å². The Hall–Kier alpha value is -1.51. The number of rotatable bonds is 7. The highest BCUT2D eigenvalue weighted by atomic mass is 79.9. The normalized spacial score (nSPS) is 10.2. The van der Waals surface area contributed by atoms with Crippen LogP contribution in [0, 0.1) is 12.3 Å². The zero-order chi connectivity index (χ0) is 15.0. The summed E-state index contributed by atoms with van der Waals surface area (Å²) in [6.45, 7) is 5.00. The zero-order valence-electron chi connectivity index (χ0n) is 11.7. The average molecular weight is 339 g/mol. The fourth-order valence-corrected chi connectivity index (χ4v) is 1.89. The molecule has 1 amide bonds. The van der Waals surface area contributed by atoms with E-state index in [0.717, 1.165) is 10.0 Å². The first-order valence-electron chi connectivity index (χ1n) is 6.37. The van der Waals surface area contributed by atoms with E-state index in [4.69, 9.17) is 11.2 Å². The summed E-state index contributed by atoms with van der Waals surface area (Å²) in [4.78, 5) is 11.5. The summed E-state index contributed by atoms with van der Waals surface area (Å²) in [5.41, 5.74) is 0.998. The Kier molecular flexibility index (Phi) is 7.13. The maximum absolute atomic E-state index is 11.5. The number of terminal acetylenes is 1. The molecule has 0 radical (unpaired) electrons. The first-order valence-corrected chi connectivity index (χ1v) is 7.17. The lowest BCUT2D eigenvalue weighted by Crippen LogP contribution is -2.29. The molecule has 0 saturated carbocycles. The van der Waals surface area contributed by atoms with E-state index in [1.165, 1.54) is 0 Å². The summed E-state index contributed by atoms with van der Waals surface area (Å²) in [6, 6.07) is 6.08. The van der Waals surface area contributed by atoms with E-state index in [1.54, 1.807) is 0 Å². The molecule has 0 spiro atoms. The highest BCUT2D eigenvalue weighted by Crippen LogP contribution is 2.23. The van der Waals surface area contributed by atoms with Crippen LogP contribution < -0.4 is 15.4 Å². The lowest BCUT2D eigenvalue weighted by atomic mass is 10.2. The van der Waals surface area contributed by atoms with Crippen LogP contribution in [-0.2, 0) is 11.3 Å². The number of benzene rings is 1. The molecular weight excluding hydrogens is 320 g/mol. The van der Waals surface area contributed by atoms with Crippen molar-refractivity contribution in [2.45, 2.75) is 26.4 Å². The van der Waals surface area contributed by atoms with Crippen LogP contribution in [0.2, 0.25) is 0 Å². The summed E-state index contributed by atoms with van der Waals surface area (Å²) < 4.78 is 6.52. The number of carbonyl (C=O) groups excluding carboxylic acids is 1. The van der Waals surface area contributed by atoms with E-state index in [-0.39, 0.29) is 19.1 Å². The van der Waals surface area contributed by atoms with Gasteiger partial charge in [0.1, 0.15) is 5.75 Å². The Morgan fingerprint density at radius 3 is 2.90 bits per heavy atom. The van der Waals surface area contributed by atoms with E-state index in [9.17, 15) is 4.79 Å². The summed E-state index contributed by atoms with van der Waals surface area (Å²) in [6.07, 6.45) is 5.07. The molecule has 0 aromatic heterocycles. The van der Waals surface area contributed by atoms with Crippen LogP contribution >= 0.6 is 15.9 Å². The minimum absolute atomic E-state index is 0.0437. The predicted octanol–water partition coefficient (Wildman–Crippen LogP) is 2.08. The maximum Gasteiger partial charge on any atom is 0.258 e. The van der Waals surface area contributed by atoms with Gasteiger partial charge in [0, 0.05) is 22.6 Å². The molecule has 4 nitrogen and oxygen atoms in total. The maximum atomic E-state index is 11.5. The third kappa shape index (κ3) is 6.09. The molecule has 108 valence electrons. The number of halogens is 1. The van der Waals surface area contributed by atoms with Crippen LogP contribution in [0.3, 0.4) is 0 Å². The Labute approximate surface area is 128 Å². The molecule has 20 heavy (non-hydrogen) atoms. The van der Waals surface area contributed by atoms with Crippen molar-refractivity contribution in [3.63, 3.8) is 0 Å². The number of hydrogen-bond donors (Lipinski definition) is 2. The van der Waals surface area contributed by atoms with Gasteiger partial charge < -0.3 is 15.4 Å². The second-order valence-corrected chi connectivity index (χ2v) is 5.47. The molecule has 1 aromatic carbocycles. The first kappa shape index (κ1) is 16.5. The van der Waals surface area contributed by atoms with Crippen LogP contribution in [0.5, 0.6) is 5.75 Å². The lowest BCUT2D eigenvalue weighted by Gasteiger charge is -2.14. The van der Waals surface area contributed by atoms with Gasteiger partial charge in [0.15, 0.2) is 6.61 Å². The summed E-state index contributed by atoms with van der Waals surface area (Å²) >= 11 is 3.43. The molecule has 2 N–H and O–H groups in total. The highest BCUT2D eigenvalue weighted by Gasteiger charge is 2.08. The van der Waals surface area contributed by atoms with Crippen LogP contribution in [-0.4, -0.2) is 25.1 Å². The minimum Gasteiger partial charge on any atom is -0.483 e. The standard InChI is InChI=1S/C15H19BrN2O2/c1-4-7-17-15(19)10-20-14-6-5-13(16)8-12(14)9-18-11(2)3/h1,5-6,8,11,18H,7,9-10H2,2-3H3,(H,17,19). The van der Waals surface area contributed by atoms with Crippen molar-refractivity contribution < 1.29 is 9.53 Å². The molecule has 0 aliphatic rings. The number of nitrogens with one attached hydrogen (secondary N) is 2. The third-order valence-electron chi connectivity index (χ3n) is 2.47. The van der Waals surface area contributed by atoms with Gasteiger partial charge in [0.25, 0.3) is 5.91 Å². The Bertz CT molecular complexity index is 495. The van der Waals surface area contributed by atoms with Gasteiger partial charge in [-0.1, -0.05) is 35.7 Å². The smallest absolute Gasteiger partial charge is 0.258 e. The van der Waals surface area contributed by atoms with Crippen molar-refractivity contribution in [1.29, 1.82) is 0 Å². The van der Waals surface area contributed by atoms with E-state index in [2.05, 4.69) is 46.3 Å². The van der Waals surface area contributed by atoms with Gasteiger partial charge in [-0.15, -0.1) is 6.42 Å². The first-order chi connectivity index (χ1) is 9.52. The summed E-state index contributed by atoms with van der Waals surface area (Å²) in [5, 5.41) is 5.88. The fourth-order valence-electron chi connectivity index (χ4n) is 1.49. The van der Waals surface area contributed by atoms with Crippen LogP contribution in [0.15, 0.2) is 22.7 Å². The number of carbonyl (C=O) groups is 1. The van der Waals surface area contributed by atoms with E-state index < -0.39 is 0 Å². The molecule has 0 atom stereocenters. The van der Waals surface area contributed by atoms with E-state index in [0.29, 0.717) is 18.3 Å². The monoisotopic (exact) mass is 338 g/mol. The molecule has 0 aliphatic carbocycles. The third-order valence-corrected chi connectivity index (χ3v) is 2.96. The largest absolute Gasteiger partial charge is 0.483 e. The Morgan fingerprint density at radius 2 is 2.25 bits per heavy atom. The van der Waals surface area contributed by atoms with E-state index >= 15 is 0 Å². The molecule has 0 saturated heterocycles. The molecule has 1 rings (SSSR count). The molecular formula is C15H19BrN2O2. The second kappa shape index (κ2) is 8.62. The Morgan fingerprint density at radius 1 is 1.50 bits per heavy atom. The van der Waals surface area contributed by atoms with Crippen molar-refractivity contribution in [2.75, 3.05) is 13.2 Å². The fraction of sp³-hybridized carbons (Fsp3) is 0.400. The molecule has 5 heteroatoms. The van der Waals surface area contributed by atoms with E-state index in [1.807, 2.05) is 18.2 Å². The van der Waals surface area contributed by atoms with Crippen LogP contribution in [0.25, 0.3) is 0 Å². The average Bonchev–Trinajstić information content (AvgIpc) is 2.41. The molecule has 0 bridgehead atoms. The molecule has 1 aromatic rings. The quantitative estimate of drug-likeness (QED) is 0.748. The number of hydrogen-bond acceptors (Lipinski definition) is 3. The van der Waals surface area contributed by atoms with Crippen molar-refractivity contribution in [3.8, 4) is 18.1 Å². The summed E-state index contributed by atoms with van der Waals surface area (Å²) in [5.74, 6) is 2.81. The summed E-state index contributed by atoms with van der Waals surface area (Å²) in [7, 11) is 0. The number of ether oxygens (including phenoxy) is 1. The van der Waals surface area contributed by atoms with Gasteiger partial charge in [-0.05, 0) is 18.2 Å². The van der Waals surface area contributed by atoms with Gasteiger partial charge in [-0.2, -0.15) is 0 Å². The van der Waals surface area contributed by atoms with Crippen molar-refractivity contribution in [3.05, 3.63) is 28.2 Å².